The highest BCUT2D eigenvalue weighted by molar-refractivity contribution is 7.17. The molecule has 3 N–H and O–H groups in total. The maximum Gasteiger partial charge on any atom is 0.435 e. The summed E-state index contributed by atoms with van der Waals surface area (Å²) in [5, 5.41) is 1.56. The highest BCUT2D eigenvalue weighted by Gasteiger charge is 2.39. The van der Waals surface area contributed by atoms with Crippen LogP contribution in [0.25, 0.3) is 0 Å². The highest BCUT2D eigenvalue weighted by Crippen LogP contribution is 2.35. The first-order valence-electron chi connectivity index (χ1n) is 6.27. The first-order chi connectivity index (χ1) is 11.0. The lowest BCUT2D eigenvalue weighted by Gasteiger charge is -2.13. The molecule has 0 saturated heterocycles. The molecule has 4 nitrogen and oxygen atoms in total. The lowest BCUT2D eigenvalue weighted by Crippen LogP contribution is -2.26. The molecule has 0 aliphatic carbocycles. The van der Waals surface area contributed by atoms with Crippen molar-refractivity contribution in [3.05, 3.63) is 46.0 Å². The Hall–Kier alpha value is -2.30. The number of nitrogens with two attached hydrogens (primary N) is 1. The summed E-state index contributed by atoms with van der Waals surface area (Å²) >= 11 is 0.307. The SMILES string of the molecule is Nc1nc(C(F)(F)F)c(C(=O)NCc2ccccc2C(F)(F)F)s1. The third kappa shape index (κ3) is 3.96. The van der Waals surface area contributed by atoms with Crippen molar-refractivity contribution < 1.29 is 31.1 Å². The summed E-state index contributed by atoms with van der Waals surface area (Å²) in [7, 11) is 0. The van der Waals surface area contributed by atoms with Crippen LogP contribution in [-0.2, 0) is 18.9 Å². The molecule has 0 saturated carbocycles. The van der Waals surface area contributed by atoms with E-state index in [-0.39, 0.29) is 5.56 Å². The molecule has 0 unspecified atom stereocenters. The summed E-state index contributed by atoms with van der Waals surface area (Å²) in [6, 6.07) is 4.42. The smallest absolute Gasteiger partial charge is 0.375 e. The normalized spacial score (nSPS) is 12.2. The van der Waals surface area contributed by atoms with Crippen molar-refractivity contribution in [1.82, 2.24) is 10.3 Å². The second-order valence-electron chi connectivity index (χ2n) is 4.57. The van der Waals surface area contributed by atoms with Crippen LogP contribution in [-0.4, -0.2) is 10.9 Å². The number of nitrogens with zero attached hydrogens (tertiary/aromatic N) is 1. The molecule has 1 aromatic carbocycles. The standard InChI is InChI=1S/C13H9F6N3OS/c14-12(15,16)7-4-2-1-3-6(7)5-21-10(23)8-9(13(17,18)19)22-11(20)24-8/h1-4H,5H2,(H2,20,22)(H,21,23). The van der Waals surface area contributed by atoms with Crippen LogP contribution in [0.5, 0.6) is 0 Å². The van der Waals surface area contributed by atoms with Crippen molar-refractivity contribution >= 4 is 22.4 Å². The largest absolute Gasteiger partial charge is 0.435 e. The number of alkyl halides is 6. The van der Waals surface area contributed by atoms with Crippen molar-refractivity contribution in [2.24, 2.45) is 0 Å². The number of nitrogens with one attached hydrogen (secondary N) is 1. The number of halogens is 6. The molecule has 0 bridgehead atoms. The number of hydrogen-bond donors (Lipinski definition) is 2. The molecule has 0 aliphatic heterocycles. The Labute approximate surface area is 135 Å². The highest BCUT2D eigenvalue weighted by atomic mass is 32.1. The average molecular weight is 369 g/mol. The van der Waals surface area contributed by atoms with Gasteiger partial charge in [0.05, 0.1) is 5.56 Å². The zero-order chi connectivity index (χ0) is 18.1. The van der Waals surface area contributed by atoms with Gasteiger partial charge in [0.15, 0.2) is 10.8 Å². The van der Waals surface area contributed by atoms with Crippen LogP contribution in [0.3, 0.4) is 0 Å². The van der Waals surface area contributed by atoms with Crippen LogP contribution in [0.1, 0.15) is 26.5 Å². The van der Waals surface area contributed by atoms with Crippen molar-refractivity contribution in [3.63, 3.8) is 0 Å². The lowest BCUT2D eigenvalue weighted by atomic mass is 10.1. The fourth-order valence-electron chi connectivity index (χ4n) is 1.89. The molecule has 1 heterocycles. The molecule has 24 heavy (non-hydrogen) atoms. The fourth-order valence-corrected chi connectivity index (χ4v) is 2.66. The van der Waals surface area contributed by atoms with Gasteiger partial charge in [0.25, 0.3) is 5.91 Å². The first kappa shape index (κ1) is 18.0. The second kappa shape index (κ2) is 6.30. The molecule has 0 atom stereocenters. The Kier molecular flexibility index (Phi) is 4.74. The molecule has 0 radical (unpaired) electrons. The third-order valence-electron chi connectivity index (χ3n) is 2.88. The van der Waals surface area contributed by atoms with Gasteiger partial charge in [-0.2, -0.15) is 26.3 Å². The van der Waals surface area contributed by atoms with Gasteiger partial charge in [0.1, 0.15) is 4.88 Å². The summed E-state index contributed by atoms with van der Waals surface area (Å²) in [4.78, 5) is 14.1. The predicted octanol–water partition coefficient (Wildman–Crippen LogP) is 3.69. The van der Waals surface area contributed by atoms with E-state index in [0.29, 0.717) is 11.3 Å². The van der Waals surface area contributed by atoms with Crippen LogP contribution in [0.15, 0.2) is 24.3 Å². The van der Waals surface area contributed by atoms with Crippen LogP contribution in [0.2, 0.25) is 0 Å². The number of benzene rings is 1. The van der Waals surface area contributed by atoms with Gasteiger partial charge in [0.2, 0.25) is 0 Å². The number of anilines is 1. The molecule has 130 valence electrons. The monoisotopic (exact) mass is 369 g/mol. The van der Waals surface area contributed by atoms with Gasteiger partial charge in [-0.15, -0.1) is 0 Å². The average Bonchev–Trinajstić information content (AvgIpc) is 2.86. The predicted molar refractivity (Wildman–Crippen MR) is 74.1 cm³/mol. The Morgan fingerprint density at radius 2 is 1.75 bits per heavy atom. The maximum absolute atomic E-state index is 12.8. The molecular formula is C13H9F6N3OS. The Morgan fingerprint density at radius 3 is 2.33 bits per heavy atom. The van der Waals surface area contributed by atoms with Crippen LogP contribution in [0.4, 0.5) is 31.5 Å². The Morgan fingerprint density at radius 1 is 1.12 bits per heavy atom. The number of rotatable bonds is 3. The fraction of sp³-hybridized carbons (Fsp3) is 0.231. The number of aromatic nitrogens is 1. The Balaban J connectivity index is 2.22. The van der Waals surface area contributed by atoms with Crippen molar-refractivity contribution in [2.75, 3.05) is 5.73 Å². The number of amides is 1. The van der Waals surface area contributed by atoms with Crippen LogP contribution in [0, 0.1) is 0 Å². The van der Waals surface area contributed by atoms with Gasteiger partial charge >= 0.3 is 12.4 Å². The van der Waals surface area contributed by atoms with Crippen LogP contribution >= 0.6 is 11.3 Å². The zero-order valence-electron chi connectivity index (χ0n) is 11.6. The topological polar surface area (TPSA) is 68.0 Å². The van der Waals surface area contributed by atoms with E-state index in [1.165, 1.54) is 12.1 Å². The summed E-state index contributed by atoms with van der Waals surface area (Å²) in [6.07, 6.45) is -9.54. The molecule has 0 spiro atoms. The van der Waals surface area contributed by atoms with Gasteiger partial charge in [-0.1, -0.05) is 29.5 Å². The quantitative estimate of drug-likeness (QED) is 0.811. The lowest BCUT2D eigenvalue weighted by molar-refractivity contribution is -0.141. The van der Waals surface area contributed by atoms with Crippen molar-refractivity contribution in [2.45, 2.75) is 18.9 Å². The van der Waals surface area contributed by atoms with E-state index in [2.05, 4.69) is 4.98 Å². The van der Waals surface area contributed by atoms with Crippen molar-refractivity contribution in [3.8, 4) is 0 Å². The first-order valence-corrected chi connectivity index (χ1v) is 7.08. The number of thiazole rings is 1. The van der Waals surface area contributed by atoms with E-state index in [0.717, 1.165) is 12.1 Å². The molecule has 0 fully saturated rings. The number of hydrogen-bond acceptors (Lipinski definition) is 4. The van der Waals surface area contributed by atoms with E-state index >= 15 is 0 Å². The molecule has 2 aromatic rings. The minimum absolute atomic E-state index is 0.274. The summed E-state index contributed by atoms with van der Waals surface area (Å²) in [5.74, 6) is -1.20. The van der Waals surface area contributed by atoms with Crippen molar-refractivity contribution in [1.29, 1.82) is 0 Å². The van der Waals surface area contributed by atoms with E-state index in [1.807, 2.05) is 5.32 Å². The van der Waals surface area contributed by atoms with E-state index in [9.17, 15) is 31.1 Å². The number of carbonyl (C=O) groups is 1. The Bertz CT molecular complexity index is 753. The molecule has 0 aliphatic rings. The van der Waals surface area contributed by atoms with E-state index in [4.69, 9.17) is 5.73 Å². The maximum atomic E-state index is 12.8. The molecular weight excluding hydrogens is 360 g/mol. The van der Waals surface area contributed by atoms with Gasteiger partial charge in [-0.05, 0) is 11.6 Å². The minimum atomic E-state index is -4.90. The second-order valence-corrected chi connectivity index (χ2v) is 5.60. The molecule has 1 aromatic heterocycles. The summed E-state index contributed by atoms with van der Waals surface area (Å²) < 4.78 is 76.8. The van der Waals surface area contributed by atoms with Gasteiger partial charge in [-0.25, -0.2) is 4.98 Å². The van der Waals surface area contributed by atoms with Crippen LogP contribution < -0.4 is 11.1 Å². The summed E-state index contributed by atoms with van der Waals surface area (Å²) in [5.41, 5.74) is 2.46. The molecule has 1 amide bonds. The van der Waals surface area contributed by atoms with E-state index in [1.54, 1.807) is 0 Å². The molecule has 2 rings (SSSR count). The number of carbonyl (C=O) groups excluding carboxylic acids is 1. The minimum Gasteiger partial charge on any atom is -0.375 e. The zero-order valence-corrected chi connectivity index (χ0v) is 12.4. The number of nitrogen functional groups attached to an aromatic ring is 1. The van der Waals surface area contributed by atoms with Gasteiger partial charge in [0, 0.05) is 6.54 Å². The van der Waals surface area contributed by atoms with Gasteiger partial charge < -0.3 is 11.1 Å². The summed E-state index contributed by atoms with van der Waals surface area (Å²) in [6.45, 7) is -0.594. The van der Waals surface area contributed by atoms with Gasteiger partial charge in [-0.3, -0.25) is 4.79 Å². The third-order valence-corrected chi connectivity index (χ3v) is 3.76. The van der Waals surface area contributed by atoms with E-state index < -0.39 is 46.1 Å². The molecule has 11 heteroatoms.